The van der Waals surface area contributed by atoms with Gasteiger partial charge in [0.1, 0.15) is 77.1 Å². The summed E-state index contributed by atoms with van der Waals surface area (Å²) in [6, 6.07) is 8.06. The van der Waals surface area contributed by atoms with Gasteiger partial charge in [0, 0.05) is 107 Å². The summed E-state index contributed by atoms with van der Waals surface area (Å²) in [5.74, 6) is -20.1. The SMILES string of the molecule is CC[C@H](C)[C@H](NC(=O)[C@@H]1CCCN1C(=O)[C@H](Cc1ccc(O)cc1)NC(=O)[C@H](CC(N)=O)NC(=O)[C@H](CCC(N)=O)NC(=O)[C@H](CO)NC(=O)[C@H](CCC(=O)NCCNc1cccc2c(S(=O)(=O)O)cccc12)NC(=O)[C@@H](N)CCCNC(=N)N)C(=O)N[C@H](C(=O)N[C@@H](CCC(N)=O)C(=O)N[C@@H](CCCCNC(=O)c1ccc(N=Nc2ccc(N(C)C)cc2)cc1)C(=O)N[C@@H](CCCNC(=N)N)C(=O)O)C(C)C. The second-order valence-electron chi connectivity index (χ2n) is 34.8. The molecule has 0 radical (unpaired) electrons. The van der Waals surface area contributed by atoms with E-state index in [1.54, 1.807) is 68.4 Å². The van der Waals surface area contributed by atoms with Gasteiger partial charge in [0.05, 0.1) is 30.4 Å². The molecule has 16 amide bonds. The number of nitrogens with two attached hydrogens (primary N) is 6. The lowest BCUT2D eigenvalue weighted by Crippen LogP contribution is -2.62. The minimum Gasteiger partial charge on any atom is -0.508 e. The van der Waals surface area contributed by atoms with Crippen molar-refractivity contribution in [2.75, 3.05) is 70.2 Å². The van der Waals surface area contributed by atoms with Gasteiger partial charge in [0.25, 0.3) is 16.0 Å². The first-order valence-corrected chi connectivity index (χ1v) is 47.9. The number of anilines is 2. The average molecular weight is 2020 g/mol. The Morgan fingerprint density at radius 2 is 0.979 bits per heavy atom. The third-order valence-electron chi connectivity index (χ3n) is 23.1. The van der Waals surface area contributed by atoms with Crippen LogP contribution in [0.25, 0.3) is 10.8 Å². The molecule has 13 atom stereocenters. The molecule has 5 aromatic rings. The van der Waals surface area contributed by atoms with Gasteiger partial charge in [-0.1, -0.05) is 70.5 Å². The predicted molar refractivity (Wildman–Crippen MR) is 524 cm³/mol. The standard InChI is InChI=1S/C92H133N27O23S/c1-7-51(4)77(88(136)114-76(50(2)3)87(135)109-64(36-39-73(95)123)81(129)107-62(80(128)110-66(90(138)139)20-13-43-105-92(99)100)18-8-9-41-103-78(126)53-25-27-54(28-26-53)116-117-55-29-31-56(32-30-55)118(5)6)115-86(134)70-21-14-46-119(70)89(137)68(47-52-23-33-57(121)34-24-52)112-84(132)67(48-74(96)124)111-82(130)63(35-38-72(94)122)108-85(133)69(49-120)113-83(131)65(106-79(127)60(93)17-12-42-104-91(97)98)37-40-75(125)102-45-44-101-61-19-10-16-59-58(61)15-11-22-71(59)143(140,141)142/h10-11,15-16,19,22-34,50-51,60,62-70,76-77,101,120-121H,7-9,12-14,17-18,20-21,35-49,93H2,1-6H3,(H2,94,122)(H2,95,123)(H2,96,124)(H,102,125)(H,103,126)(H,106,127)(H,107,129)(H,108,133)(H,109,135)(H,110,128)(H,111,130)(H,112,132)(H,113,131)(H,114,136)(H,115,134)(H,138,139)(H4,97,98,104)(H4,99,100,105)(H,140,141,142)/t51-,60-,62-,63-,64-,65-,66-,67-,68-,69-,70-,76-,77-/m0/s1. The number of carbonyl (C=O) groups excluding carboxylic acids is 16. The van der Waals surface area contributed by atoms with E-state index < -0.39 is 253 Å². The quantitative estimate of drug-likeness (QED) is 0.00619. The topological polar surface area (TPSA) is 821 Å². The third-order valence-corrected chi connectivity index (χ3v) is 24.0. The molecule has 0 unspecified atom stereocenters. The van der Waals surface area contributed by atoms with E-state index in [0.29, 0.717) is 22.4 Å². The van der Waals surface area contributed by atoms with E-state index in [0.717, 1.165) is 10.6 Å². The van der Waals surface area contributed by atoms with Crippen molar-refractivity contribution in [1.29, 1.82) is 10.8 Å². The van der Waals surface area contributed by atoms with Crippen LogP contribution < -0.4 is 119 Å². The number of phenols is 1. The van der Waals surface area contributed by atoms with Crippen LogP contribution in [0.3, 0.4) is 0 Å². The zero-order valence-electron chi connectivity index (χ0n) is 80.4. The number of unbranched alkanes of at least 4 members (excludes halogenated alkanes) is 1. The van der Waals surface area contributed by atoms with Gasteiger partial charge >= 0.3 is 5.97 Å². The summed E-state index contributed by atoms with van der Waals surface area (Å²) in [7, 11) is -0.787. The molecule has 0 aliphatic carbocycles. The van der Waals surface area contributed by atoms with Gasteiger partial charge in [-0.15, -0.1) is 0 Å². The fourth-order valence-electron chi connectivity index (χ4n) is 15.0. The summed E-state index contributed by atoms with van der Waals surface area (Å²) < 4.78 is 34.0. The number of phenolic OH excluding ortho intramolecular Hbond substituents is 1. The molecule has 143 heavy (non-hydrogen) atoms. The lowest BCUT2D eigenvalue weighted by atomic mass is 9.95. The monoisotopic (exact) mass is 2020 g/mol. The lowest BCUT2D eigenvalue weighted by Gasteiger charge is -2.32. The summed E-state index contributed by atoms with van der Waals surface area (Å²) in [5.41, 5.74) is 36.7. The van der Waals surface area contributed by atoms with Crippen LogP contribution in [-0.4, -0.2) is 278 Å². The molecule has 0 aromatic heterocycles. The van der Waals surface area contributed by atoms with Crippen molar-refractivity contribution >= 4 is 156 Å². The summed E-state index contributed by atoms with van der Waals surface area (Å²) in [4.78, 5) is 240. The van der Waals surface area contributed by atoms with Gasteiger partial charge < -0.3 is 139 Å². The van der Waals surface area contributed by atoms with Crippen LogP contribution in [0.15, 0.2) is 124 Å². The van der Waals surface area contributed by atoms with Crippen molar-refractivity contribution in [2.24, 2.45) is 56.5 Å². The first kappa shape index (κ1) is 116. The second kappa shape index (κ2) is 58.1. The Hall–Kier alpha value is -15.3. The zero-order valence-corrected chi connectivity index (χ0v) is 81.2. The minimum absolute atomic E-state index is 0.0222. The molecule has 0 saturated carbocycles. The number of aromatic hydroxyl groups is 1. The summed E-state index contributed by atoms with van der Waals surface area (Å²) in [6.07, 6.45) is -4.13. The fourth-order valence-corrected chi connectivity index (χ4v) is 15.7. The van der Waals surface area contributed by atoms with E-state index in [9.17, 15) is 105 Å². The molecule has 1 fully saturated rings. The number of hydrogen-bond acceptors (Lipinski definition) is 28. The second-order valence-corrected chi connectivity index (χ2v) is 36.2. The molecule has 50 nitrogen and oxygen atoms in total. The molecule has 6 rings (SSSR count). The number of carboxylic acid groups (broad SMARTS) is 1. The molecule has 51 heteroatoms. The maximum atomic E-state index is 15.3. The number of benzene rings is 5. The van der Waals surface area contributed by atoms with Gasteiger partial charge in [0.15, 0.2) is 11.9 Å². The van der Waals surface area contributed by atoms with Crippen LogP contribution >= 0.6 is 0 Å². The number of guanidine groups is 2. The molecule has 1 aliphatic heterocycles. The zero-order chi connectivity index (χ0) is 106. The van der Waals surface area contributed by atoms with E-state index in [2.05, 4.69) is 90.0 Å². The summed E-state index contributed by atoms with van der Waals surface area (Å²) in [5, 5.41) is 93.5. The van der Waals surface area contributed by atoms with E-state index in [4.69, 9.17) is 45.2 Å². The van der Waals surface area contributed by atoms with Crippen molar-refractivity contribution in [2.45, 2.75) is 221 Å². The predicted octanol–water partition coefficient (Wildman–Crippen LogP) is -2.70. The minimum atomic E-state index is -4.60. The van der Waals surface area contributed by atoms with Crippen molar-refractivity contribution in [3.63, 3.8) is 0 Å². The van der Waals surface area contributed by atoms with Crippen LogP contribution in [0.2, 0.25) is 0 Å². The number of carbonyl (C=O) groups is 17. The number of aliphatic hydroxyl groups is 1. The lowest BCUT2D eigenvalue weighted by molar-refractivity contribution is -0.143. The maximum absolute atomic E-state index is 15.3. The molecule has 5 aromatic carbocycles. The highest BCUT2D eigenvalue weighted by atomic mass is 32.2. The average Bonchev–Trinajstić information content (AvgIpc) is 1.75. The van der Waals surface area contributed by atoms with Gasteiger partial charge in [-0.3, -0.25) is 92.1 Å². The number of likely N-dealkylation sites (tertiary alicyclic amines) is 1. The molecular weight excluding hydrogens is 1880 g/mol. The van der Waals surface area contributed by atoms with Crippen molar-refractivity contribution in [3.8, 4) is 5.75 Å². The number of rotatable bonds is 61. The number of carboxylic acids is 1. The van der Waals surface area contributed by atoms with E-state index >= 15 is 4.79 Å². The number of nitrogens with zero attached hydrogens (tertiary/aromatic N) is 4. The smallest absolute Gasteiger partial charge is 0.326 e. The highest BCUT2D eigenvalue weighted by molar-refractivity contribution is 7.86. The number of hydrogen-bond donors (Lipinski definition) is 27. The van der Waals surface area contributed by atoms with Crippen molar-refractivity contribution in [1.82, 2.24) is 79.3 Å². The summed E-state index contributed by atoms with van der Waals surface area (Å²) in [6.45, 7) is 5.23. The normalized spacial score (nSPS) is 14.8. The molecular formula is C92H133N27O23S. The number of aliphatic carboxylic acids is 1. The first-order valence-electron chi connectivity index (χ1n) is 46.5. The molecule has 1 aliphatic rings. The molecule has 1 saturated heterocycles. The Morgan fingerprint density at radius 1 is 0.497 bits per heavy atom. The van der Waals surface area contributed by atoms with Gasteiger partial charge in [-0.2, -0.15) is 18.6 Å². The Kier molecular flexibility index (Phi) is 47.3. The molecule has 0 bridgehead atoms. The highest BCUT2D eigenvalue weighted by Crippen LogP contribution is 2.30. The first-order chi connectivity index (χ1) is 67.7. The molecule has 0 spiro atoms. The van der Waals surface area contributed by atoms with Crippen molar-refractivity contribution < 1.29 is 110 Å². The number of amides is 16. The van der Waals surface area contributed by atoms with Crippen LogP contribution in [0, 0.1) is 22.7 Å². The van der Waals surface area contributed by atoms with Crippen molar-refractivity contribution in [3.05, 3.63) is 120 Å². The van der Waals surface area contributed by atoms with Crippen LogP contribution in [0.1, 0.15) is 153 Å². The number of aliphatic hydroxyl groups excluding tert-OH is 1. The van der Waals surface area contributed by atoms with E-state index in [1.165, 1.54) is 56.3 Å². The third kappa shape index (κ3) is 39.4. The molecule has 780 valence electrons. The summed E-state index contributed by atoms with van der Waals surface area (Å²) >= 11 is 0. The number of nitrogens with one attached hydrogen (secondary N) is 17. The molecule has 33 N–H and O–H groups in total. The fraction of sp³-hybridized carbons (Fsp3) is 0.489. The highest BCUT2D eigenvalue weighted by Gasteiger charge is 2.43. The number of fused-ring (bicyclic) bond motifs is 1. The Bertz CT molecular complexity index is 5450. The van der Waals surface area contributed by atoms with Crippen LogP contribution in [0.4, 0.5) is 22.7 Å². The van der Waals surface area contributed by atoms with Gasteiger partial charge in [-0.05, 0) is 167 Å². The van der Waals surface area contributed by atoms with Gasteiger partial charge in [-0.25, -0.2) is 4.79 Å². The maximum Gasteiger partial charge on any atom is 0.326 e. The Labute approximate surface area is 825 Å². The van der Waals surface area contributed by atoms with E-state index in [-0.39, 0.29) is 143 Å². The molecule has 1 heterocycles. The van der Waals surface area contributed by atoms with Crippen LogP contribution in [0.5, 0.6) is 5.75 Å². The van der Waals surface area contributed by atoms with Gasteiger partial charge in [0.2, 0.25) is 88.6 Å². The van der Waals surface area contributed by atoms with E-state index in [1.807, 2.05) is 31.1 Å². The van der Waals surface area contributed by atoms with Crippen LogP contribution in [-0.2, 0) is 93.3 Å². The largest absolute Gasteiger partial charge is 0.508 e. The number of azo groups is 1. The number of primary amides is 3. The Balaban J connectivity index is 1.16. The Morgan fingerprint density at radius 3 is 1.52 bits per heavy atom.